The van der Waals surface area contributed by atoms with Gasteiger partial charge in [-0.25, -0.2) is 8.42 Å². The lowest BCUT2D eigenvalue weighted by Crippen LogP contribution is -2.42. The Morgan fingerprint density at radius 3 is 2.36 bits per heavy atom. The molecule has 8 heteroatoms. The summed E-state index contributed by atoms with van der Waals surface area (Å²) in [6, 6.07) is 23.1. The third-order valence-electron chi connectivity index (χ3n) is 5.24. The molecule has 33 heavy (non-hydrogen) atoms. The number of hydrogen-bond acceptors (Lipinski definition) is 4. The Morgan fingerprint density at radius 1 is 1.03 bits per heavy atom. The first-order valence-corrected chi connectivity index (χ1v) is 12.8. The first-order chi connectivity index (χ1) is 15.8. The minimum absolute atomic E-state index is 0.115. The monoisotopic (exact) mass is 530 g/mol. The average molecular weight is 531 g/mol. The second kappa shape index (κ2) is 11.4. The molecule has 0 radical (unpaired) electrons. The van der Waals surface area contributed by atoms with Crippen LogP contribution in [-0.2, 0) is 21.2 Å². The Kier molecular flexibility index (Phi) is 8.66. The van der Waals surface area contributed by atoms with Gasteiger partial charge in [0.1, 0.15) is 5.75 Å². The van der Waals surface area contributed by atoms with Crippen LogP contribution < -0.4 is 10.1 Å². The van der Waals surface area contributed by atoms with Crippen molar-refractivity contribution >= 4 is 31.9 Å². The zero-order valence-electron chi connectivity index (χ0n) is 18.6. The number of amides is 1. The molecule has 0 unspecified atom stereocenters. The van der Waals surface area contributed by atoms with Crippen molar-refractivity contribution in [1.82, 2.24) is 9.62 Å². The molecule has 3 aromatic rings. The van der Waals surface area contributed by atoms with E-state index >= 15 is 0 Å². The molecule has 0 saturated heterocycles. The SMILES string of the molecule is COc1ccc(S(=O)(=O)N(CCc2ccccc2)CC(=O)N[C@@H](C)c2cccc(Br)c2)cc1. The van der Waals surface area contributed by atoms with Gasteiger partial charge < -0.3 is 10.1 Å². The van der Waals surface area contributed by atoms with Gasteiger partial charge in [-0.15, -0.1) is 0 Å². The standard InChI is InChI=1S/C25H27BrN2O4S/c1-19(21-9-6-10-22(26)17-21)27-25(29)18-28(16-15-20-7-4-3-5-8-20)33(30,31)24-13-11-23(32-2)12-14-24/h3-14,17,19H,15-16,18H2,1-2H3,(H,27,29)/t19-/m0/s1. The highest BCUT2D eigenvalue weighted by Gasteiger charge is 2.27. The third kappa shape index (κ3) is 6.90. The Bertz CT molecular complexity index is 1170. The summed E-state index contributed by atoms with van der Waals surface area (Å²) in [5, 5.41) is 2.91. The summed E-state index contributed by atoms with van der Waals surface area (Å²) >= 11 is 3.43. The predicted molar refractivity (Wildman–Crippen MR) is 133 cm³/mol. The number of carbonyl (C=O) groups excluding carboxylic acids is 1. The normalized spacial score (nSPS) is 12.4. The fourth-order valence-electron chi connectivity index (χ4n) is 3.39. The summed E-state index contributed by atoms with van der Waals surface area (Å²) in [5.41, 5.74) is 1.92. The van der Waals surface area contributed by atoms with E-state index < -0.39 is 10.0 Å². The van der Waals surface area contributed by atoms with Gasteiger partial charge in [-0.1, -0.05) is 58.4 Å². The van der Waals surface area contributed by atoms with E-state index in [1.165, 1.54) is 23.5 Å². The van der Waals surface area contributed by atoms with Gasteiger partial charge in [0.05, 0.1) is 24.6 Å². The van der Waals surface area contributed by atoms with Crippen LogP contribution in [0, 0.1) is 0 Å². The molecule has 174 valence electrons. The molecule has 0 aliphatic heterocycles. The molecule has 0 fully saturated rings. The minimum Gasteiger partial charge on any atom is -0.497 e. The van der Waals surface area contributed by atoms with E-state index in [1.54, 1.807) is 12.1 Å². The second-order valence-corrected chi connectivity index (χ2v) is 10.4. The van der Waals surface area contributed by atoms with Gasteiger partial charge in [-0.2, -0.15) is 4.31 Å². The number of ether oxygens (including phenoxy) is 1. The maximum Gasteiger partial charge on any atom is 0.243 e. The van der Waals surface area contributed by atoms with E-state index in [2.05, 4.69) is 21.2 Å². The molecule has 0 spiro atoms. The van der Waals surface area contributed by atoms with Crippen molar-refractivity contribution in [1.29, 1.82) is 0 Å². The Balaban J connectivity index is 1.78. The van der Waals surface area contributed by atoms with Gasteiger partial charge in [-0.05, 0) is 60.9 Å². The molecule has 3 rings (SSSR count). The van der Waals surface area contributed by atoms with Crippen molar-refractivity contribution in [3.05, 3.63) is 94.5 Å². The summed E-state index contributed by atoms with van der Waals surface area (Å²) in [7, 11) is -2.37. The van der Waals surface area contributed by atoms with E-state index in [1.807, 2.05) is 61.5 Å². The molecule has 0 aliphatic carbocycles. The van der Waals surface area contributed by atoms with Crippen LogP contribution in [-0.4, -0.2) is 38.8 Å². The molecule has 0 aliphatic rings. The van der Waals surface area contributed by atoms with E-state index in [-0.39, 0.29) is 29.9 Å². The van der Waals surface area contributed by atoms with Crippen LogP contribution >= 0.6 is 15.9 Å². The zero-order chi connectivity index (χ0) is 23.8. The van der Waals surface area contributed by atoms with Crippen molar-refractivity contribution in [2.75, 3.05) is 20.2 Å². The van der Waals surface area contributed by atoms with Crippen LogP contribution in [0.4, 0.5) is 0 Å². The van der Waals surface area contributed by atoms with Gasteiger partial charge in [-0.3, -0.25) is 4.79 Å². The molecule has 6 nitrogen and oxygen atoms in total. The lowest BCUT2D eigenvalue weighted by atomic mass is 10.1. The van der Waals surface area contributed by atoms with Crippen molar-refractivity contribution in [2.45, 2.75) is 24.3 Å². The number of nitrogens with zero attached hydrogens (tertiary/aromatic N) is 1. The van der Waals surface area contributed by atoms with Crippen LogP contribution in [0.5, 0.6) is 5.75 Å². The number of benzene rings is 3. The van der Waals surface area contributed by atoms with Gasteiger partial charge in [0, 0.05) is 11.0 Å². The van der Waals surface area contributed by atoms with Gasteiger partial charge in [0.25, 0.3) is 0 Å². The number of carbonyl (C=O) groups is 1. The lowest BCUT2D eigenvalue weighted by molar-refractivity contribution is -0.121. The van der Waals surface area contributed by atoms with Crippen LogP contribution in [0.2, 0.25) is 0 Å². The molecule has 0 bridgehead atoms. The first-order valence-electron chi connectivity index (χ1n) is 10.5. The molecule has 0 saturated carbocycles. The van der Waals surface area contributed by atoms with Gasteiger partial charge in [0.2, 0.25) is 15.9 Å². The fourth-order valence-corrected chi connectivity index (χ4v) is 5.20. The highest BCUT2D eigenvalue weighted by atomic mass is 79.9. The molecule has 0 aromatic heterocycles. The quantitative estimate of drug-likeness (QED) is 0.416. The zero-order valence-corrected chi connectivity index (χ0v) is 21.0. The molecule has 3 aromatic carbocycles. The molecule has 0 heterocycles. The highest BCUT2D eigenvalue weighted by Crippen LogP contribution is 2.21. The fraction of sp³-hybridized carbons (Fsp3) is 0.240. The number of nitrogens with one attached hydrogen (secondary N) is 1. The van der Waals surface area contributed by atoms with Crippen LogP contribution in [0.3, 0.4) is 0 Å². The second-order valence-electron chi connectivity index (χ2n) is 7.59. The minimum atomic E-state index is -3.89. The number of hydrogen-bond donors (Lipinski definition) is 1. The number of sulfonamides is 1. The molecular weight excluding hydrogens is 504 g/mol. The van der Waals surface area contributed by atoms with Crippen LogP contribution in [0.1, 0.15) is 24.1 Å². The molecular formula is C25H27BrN2O4S. The van der Waals surface area contributed by atoms with Crippen molar-refractivity contribution in [3.8, 4) is 5.75 Å². The summed E-state index contributed by atoms with van der Waals surface area (Å²) < 4.78 is 34.0. The van der Waals surface area contributed by atoms with Crippen molar-refractivity contribution < 1.29 is 17.9 Å². The van der Waals surface area contributed by atoms with Gasteiger partial charge in [0.15, 0.2) is 0 Å². The summed E-state index contributed by atoms with van der Waals surface area (Å²) in [5.74, 6) is 0.193. The highest BCUT2D eigenvalue weighted by molar-refractivity contribution is 9.10. The van der Waals surface area contributed by atoms with Crippen LogP contribution in [0.15, 0.2) is 88.2 Å². The first kappa shape index (κ1) is 25.0. The topological polar surface area (TPSA) is 75.7 Å². The van der Waals surface area contributed by atoms with Crippen molar-refractivity contribution in [3.63, 3.8) is 0 Å². The maximum atomic E-state index is 13.4. The molecule has 1 N–H and O–H groups in total. The van der Waals surface area contributed by atoms with E-state index in [4.69, 9.17) is 4.74 Å². The third-order valence-corrected chi connectivity index (χ3v) is 7.59. The van der Waals surface area contributed by atoms with Crippen molar-refractivity contribution in [2.24, 2.45) is 0 Å². The maximum absolute atomic E-state index is 13.4. The lowest BCUT2D eigenvalue weighted by Gasteiger charge is -2.23. The van der Waals surface area contributed by atoms with E-state index in [0.29, 0.717) is 12.2 Å². The predicted octanol–water partition coefficient (Wildman–Crippen LogP) is 4.57. The largest absolute Gasteiger partial charge is 0.497 e. The number of methoxy groups -OCH3 is 1. The summed E-state index contributed by atoms with van der Waals surface area (Å²) in [6.45, 7) is 1.77. The summed E-state index contributed by atoms with van der Waals surface area (Å²) in [4.78, 5) is 13.0. The number of halogens is 1. The molecule has 1 atom stereocenters. The number of rotatable bonds is 10. The Labute approximate surface area is 203 Å². The summed E-state index contributed by atoms with van der Waals surface area (Å²) in [6.07, 6.45) is 0.491. The van der Waals surface area contributed by atoms with Crippen LogP contribution in [0.25, 0.3) is 0 Å². The Hall–Kier alpha value is -2.68. The van der Waals surface area contributed by atoms with E-state index in [9.17, 15) is 13.2 Å². The van der Waals surface area contributed by atoms with Gasteiger partial charge >= 0.3 is 0 Å². The smallest absolute Gasteiger partial charge is 0.243 e. The Morgan fingerprint density at radius 2 is 1.73 bits per heavy atom. The molecule has 1 amide bonds. The van der Waals surface area contributed by atoms with E-state index in [0.717, 1.165) is 15.6 Å². The average Bonchev–Trinajstić information content (AvgIpc) is 2.82.